The van der Waals surface area contributed by atoms with Crippen LogP contribution in [0.25, 0.3) is 0 Å². The number of morpholine rings is 1. The first-order valence-electron chi connectivity index (χ1n) is 8.53. The Morgan fingerprint density at radius 1 is 1.07 bits per heavy atom. The van der Waals surface area contributed by atoms with E-state index >= 15 is 0 Å². The van der Waals surface area contributed by atoms with Crippen LogP contribution in [0.5, 0.6) is 0 Å². The summed E-state index contributed by atoms with van der Waals surface area (Å²) in [6.07, 6.45) is -3.57. The Bertz CT molecular complexity index is 792. The molecule has 0 amide bonds. The molecule has 0 saturated carbocycles. The Hall–Kier alpha value is -2.75. The van der Waals surface area contributed by atoms with E-state index in [1.54, 1.807) is 4.90 Å². The highest BCUT2D eigenvalue weighted by molar-refractivity contribution is 6.15. The van der Waals surface area contributed by atoms with Gasteiger partial charge >= 0.3 is 18.1 Å². The van der Waals surface area contributed by atoms with Gasteiger partial charge in [-0.05, 0) is 18.2 Å². The third-order valence-electron chi connectivity index (χ3n) is 4.12. The largest absolute Gasteiger partial charge is 0.419 e. The molecule has 0 atom stereocenters. The van der Waals surface area contributed by atoms with E-state index in [0.717, 1.165) is 18.3 Å². The molecular weight excluding hydrogens is 381 g/mol. The van der Waals surface area contributed by atoms with E-state index in [4.69, 9.17) is 14.2 Å². The minimum absolute atomic E-state index is 0.0641. The lowest BCUT2D eigenvalue weighted by Gasteiger charge is -2.30. The average molecular weight is 400 g/mol. The smallest absolute Gasteiger partial charge is 0.416 e. The Morgan fingerprint density at radius 3 is 2.25 bits per heavy atom. The van der Waals surface area contributed by atoms with Crippen molar-refractivity contribution in [1.29, 1.82) is 0 Å². The number of benzene rings is 1. The molecule has 0 aliphatic carbocycles. The molecule has 28 heavy (non-hydrogen) atoms. The van der Waals surface area contributed by atoms with Gasteiger partial charge < -0.3 is 24.4 Å². The van der Waals surface area contributed by atoms with Crippen molar-refractivity contribution in [3.05, 3.63) is 35.5 Å². The fourth-order valence-corrected chi connectivity index (χ4v) is 2.80. The quantitative estimate of drug-likeness (QED) is 0.475. The number of carbonyl (C=O) groups excluding carboxylic acids is 2. The molecule has 0 spiro atoms. The number of alkyl halides is 3. The molecule has 0 radical (unpaired) electrons. The molecule has 2 saturated heterocycles. The van der Waals surface area contributed by atoms with Crippen molar-refractivity contribution in [2.45, 2.75) is 25.8 Å². The molecule has 0 bridgehead atoms. The van der Waals surface area contributed by atoms with Gasteiger partial charge in [0.15, 0.2) is 5.57 Å². The molecule has 2 aliphatic rings. The number of esters is 2. The molecule has 7 nitrogen and oxygen atoms in total. The fourth-order valence-electron chi connectivity index (χ4n) is 2.80. The number of rotatable bonds is 3. The van der Waals surface area contributed by atoms with E-state index in [2.05, 4.69) is 5.32 Å². The zero-order valence-electron chi connectivity index (χ0n) is 15.3. The van der Waals surface area contributed by atoms with Crippen LogP contribution in [-0.2, 0) is 30.0 Å². The van der Waals surface area contributed by atoms with Crippen molar-refractivity contribution < 1.29 is 37.0 Å². The first-order chi connectivity index (χ1) is 13.0. The summed E-state index contributed by atoms with van der Waals surface area (Å²) >= 11 is 0. The monoisotopic (exact) mass is 400 g/mol. The number of nitrogens with zero attached hydrogens (tertiary/aromatic N) is 1. The number of halogens is 3. The van der Waals surface area contributed by atoms with E-state index in [0.29, 0.717) is 32.0 Å². The fraction of sp³-hybridized carbons (Fsp3) is 0.444. The van der Waals surface area contributed by atoms with Gasteiger partial charge in [-0.1, -0.05) is 0 Å². The van der Waals surface area contributed by atoms with Gasteiger partial charge in [0.2, 0.25) is 0 Å². The lowest BCUT2D eigenvalue weighted by molar-refractivity contribution is -0.222. The molecule has 10 heteroatoms. The number of ether oxygens (including phenoxy) is 3. The molecule has 0 unspecified atom stereocenters. The maximum Gasteiger partial charge on any atom is 0.416 e. The van der Waals surface area contributed by atoms with Crippen LogP contribution >= 0.6 is 0 Å². The standard InChI is InChI=1S/C18H19F3N2O5/c1-17(2)27-15(24)14(16(25)28-17)10-22-12-7-11(18(19,20)21)8-13(9-12)23-3-5-26-6-4-23/h7-10,22H,3-6H2,1-2H3. The first-order valence-corrected chi connectivity index (χ1v) is 8.53. The van der Waals surface area contributed by atoms with Gasteiger partial charge in [0.1, 0.15) is 0 Å². The Balaban J connectivity index is 1.88. The van der Waals surface area contributed by atoms with Crippen molar-refractivity contribution >= 4 is 23.3 Å². The maximum atomic E-state index is 13.3. The Morgan fingerprint density at radius 2 is 1.68 bits per heavy atom. The second-order valence-corrected chi connectivity index (χ2v) is 6.75. The van der Waals surface area contributed by atoms with E-state index < -0.39 is 35.0 Å². The average Bonchev–Trinajstić information content (AvgIpc) is 2.60. The third-order valence-corrected chi connectivity index (χ3v) is 4.12. The lowest BCUT2D eigenvalue weighted by Crippen LogP contribution is -2.42. The molecule has 0 aromatic heterocycles. The van der Waals surface area contributed by atoms with Crippen molar-refractivity contribution in [3.8, 4) is 0 Å². The zero-order valence-corrected chi connectivity index (χ0v) is 15.3. The van der Waals surface area contributed by atoms with Crippen molar-refractivity contribution in [1.82, 2.24) is 0 Å². The molecular formula is C18H19F3N2O5. The van der Waals surface area contributed by atoms with Gasteiger partial charge in [0.25, 0.3) is 5.79 Å². The van der Waals surface area contributed by atoms with Gasteiger partial charge in [-0.3, -0.25) is 0 Å². The predicted molar refractivity (Wildman–Crippen MR) is 92.4 cm³/mol. The molecule has 1 aromatic rings. The molecule has 1 aromatic carbocycles. The first kappa shape index (κ1) is 20.0. The highest BCUT2D eigenvalue weighted by Gasteiger charge is 2.39. The highest BCUT2D eigenvalue weighted by atomic mass is 19.4. The number of hydrogen-bond acceptors (Lipinski definition) is 7. The molecule has 152 valence electrons. The van der Waals surface area contributed by atoms with Crippen molar-refractivity contribution in [2.75, 3.05) is 36.5 Å². The zero-order chi connectivity index (χ0) is 20.5. The van der Waals surface area contributed by atoms with E-state index in [1.807, 2.05) is 0 Å². The van der Waals surface area contributed by atoms with Gasteiger partial charge in [0, 0.05) is 44.5 Å². The van der Waals surface area contributed by atoms with Gasteiger partial charge in [-0.15, -0.1) is 0 Å². The molecule has 2 fully saturated rings. The van der Waals surface area contributed by atoms with Crippen LogP contribution < -0.4 is 10.2 Å². The van der Waals surface area contributed by atoms with E-state index in [1.165, 1.54) is 19.9 Å². The van der Waals surface area contributed by atoms with Crippen LogP contribution in [0.3, 0.4) is 0 Å². The number of carbonyl (C=O) groups is 2. The summed E-state index contributed by atoms with van der Waals surface area (Å²) in [5, 5.41) is 2.57. The topological polar surface area (TPSA) is 77.1 Å². The predicted octanol–water partition coefficient (Wildman–Crippen LogP) is 2.67. The summed E-state index contributed by atoms with van der Waals surface area (Å²) < 4.78 is 55.0. The van der Waals surface area contributed by atoms with Gasteiger partial charge in [-0.25, -0.2) is 9.59 Å². The number of hydrogen-bond donors (Lipinski definition) is 1. The number of cyclic esters (lactones) is 2. The van der Waals surface area contributed by atoms with Crippen LogP contribution in [0.1, 0.15) is 19.4 Å². The van der Waals surface area contributed by atoms with E-state index in [9.17, 15) is 22.8 Å². The summed E-state index contributed by atoms with van der Waals surface area (Å²) in [7, 11) is 0. The number of anilines is 2. The van der Waals surface area contributed by atoms with Crippen LogP contribution in [0.4, 0.5) is 24.5 Å². The summed E-state index contributed by atoms with van der Waals surface area (Å²) in [5.41, 5.74) is -0.875. The van der Waals surface area contributed by atoms with Crippen LogP contribution in [-0.4, -0.2) is 44.0 Å². The van der Waals surface area contributed by atoms with Crippen molar-refractivity contribution in [2.24, 2.45) is 0 Å². The van der Waals surface area contributed by atoms with Crippen LogP contribution in [0.15, 0.2) is 30.0 Å². The normalized spacial score (nSPS) is 19.8. The third kappa shape index (κ3) is 4.56. The van der Waals surface area contributed by atoms with Crippen LogP contribution in [0.2, 0.25) is 0 Å². The molecule has 2 heterocycles. The summed E-state index contributed by atoms with van der Waals surface area (Å²) in [6, 6.07) is 3.45. The highest BCUT2D eigenvalue weighted by Crippen LogP contribution is 2.35. The Kier molecular flexibility index (Phi) is 5.24. The number of nitrogens with one attached hydrogen (secondary N) is 1. The summed E-state index contributed by atoms with van der Waals surface area (Å²) in [4.78, 5) is 25.7. The second-order valence-electron chi connectivity index (χ2n) is 6.75. The van der Waals surface area contributed by atoms with Crippen molar-refractivity contribution in [3.63, 3.8) is 0 Å². The van der Waals surface area contributed by atoms with E-state index in [-0.39, 0.29) is 5.69 Å². The summed E-state index contributed by atoms with van der Waals surface area (Å²) in [5.74, 6) is -3.24. The molecule has 1 N–H and O–H groups in total. The molecule has 3 rings (SSSR count). The van der Waals surface area contributed by atoms with Gasteiger partial charge in [0.05, 0.1) is 18.8 Å². The summed E-state index contributed by atoms with van der Waals surface area (Å²) in [6.45, 7) is 4.53. The molecule has 2 aliphatic heterocycles. The van der Waals surface area contributed by atoms with Gasteiger partial charge in [-0.2, -0.15) is 13.2 Å². The Labute approximate surface area is 159 Å². The lowest BCUT2D eigenvalue weighted by atomic mass is 10.1. The maximum absolute atomic E-state index is 13.3. The minimum Gasteiger partial charge on any atom is -0.419 e. The minimum atomic E-state index is -4.56. The van der Waals surface area contributed by atoms with Crippen LogP contribution in [0, 0.1) is 0 Å². The second kappa shape index (κ2) is 7.34. The SMILES string of the molecule is CC1(C)OC(=O)C(=CNc2cc(N3CCOCC3)cc(C(F)(F)F)c2)C(=O)O1.